The Hall–Kier alpha value is -2.15. The van der Waals surface area contributed by atoms with Crippen molar-refractivity contribution in [3.63, 3.8) is 0 Å². The summed E-state index contributed by atoms with van der Waals surface area (Å²) in [6, 6.07) is 5.02. The van der Waals surface area contributed by atoms with Crippen LogP contribution in [0.3, 0.4) is 0 Å². The molecule has 0 N–H and O–H groups in total. The Balaban J connectivity index is 1.45. The van der Waals surface area contributed by atoms with Crippen molar-refractivity contribution in [3.8, 4) is 5.75 Å². The van der Waals surface area contributed by atoms with E-state index in [0.29, 0.717) is 41.7 Å². The fourth-order valence-electron chi connectivity index (χ4n) is 3.94. The van der Waals surface area contributed by atoms with Crippen LogP contribution in [-0.4, -0.2) is 53.8 Å². The van der Waals surface area contributed by atoms with Crippen LogP contribution in [-0.2, 0) is 9.59 Å². The van der Waals surface area contributed by atoms with Gasteiger partial charge in [-0.15, -0.1) is 0 Å². The molecule has 1 aromatic rings. The summed E-state index contributed by atoms with van der Waals surface area (Å²) in [6.45, 7) is 0.764. The minimum atomic E-state index is -0.218. The Kier molecular flexibility index (Phi) is 4.34. The number of allylic oxidation sites excluding steroid dienone is 2. The summed E-state index contributed by atoms with van der Waals surface area (Å²) < 4.78 is 5.87. The van der Waals surface area contributed by atoms with E-state index in [4.69, 9.17) is 4.74 Å². The quantitative estimate of drug-likeness (QED) is 0.557. The molecule has 4 rings (SSSR count). The predicted molar refractivity (Wildman–Crippen MR) is 97.6 cm³/mol. The smallest absolute Gasteiger partial charge is 0.255 e. The van der Waals surface area contributed by atoms with Crippen LogP contribution in [0.2, 0.25) is 0 Å². The molecule has 1 aromatic carbocycles. The van der Waals surface area contributed by atoms with Crippen molar-refractivity contribution in [2.24, 2.45) is 11.8 Å². The van der Waals surface area contributed by atoms with E-state index in [1.165, 1.54) is 4.90 Å². The van der Waals surface area contributed by atoms with E-state index in [9.17, 15) is 14.4 Å². The first-order valence-electron chi connectivity index (χ1n) is 8.66. The van der Waals surface area contributed by atoms with Crippen molar-refractivity contribution in [2.45, 2.75) is 18.9 Å². The monoisotopic (exact) mass is 418 g/mol. The number of imide groups is 1. The average Bonchev–Trinajstić information content (AvgIpc) is 2.86. The second-order valence-electron chi connectivity index (χ2n) is 6.91. The fraction of sp³-hybridized carbons (Fsp3) is 0.421. The SMILES string of the molecule is COc1ccc(Br)c(C(=O)N2CC(N3C(=O)[C@H]4CC=CC[C@H]4C3=O)C2)c1. The van der Waals surface area contributed by atoms with Crippen molar-refractivity contribution in [1.29, 1.82) is 0 Å². The van der Waals surface area contributed by atoms with E-state index < -0.39 is 0 Å². The van der Waals surface area contributed by atoms with Crippen LogP contribution >= 0.6 is 15.9 Å². The second kappa shape index (κ2) is 6.54. The molecular weight excluding hydrogens is 400 g/mol. The summed E-state index contributed by atoms with van der Waals surface area (Å²) in [5, 5.41) is 0. The molecular formula is C19H19BrN2O4. The molecule has 2 saturated heterocycles. The van der Waals surface area contributed by atoms with Crippen LogP contribution in [0.25, 0.3) is 0 Å². The number of fused-ring (bicyclic) bond motifs is 1. The number of halogens is 1. The van der Waals surface area contributed by atoms with Crippen molar-refractivity contribution in [3.05, 3.63) is 40.4 Å². The number of methoxy groups -OCH3 is 1. The molecule has 0 unspecified atom stereocenters. The lowest BCUT2D eigenvalue weighted by Crippen LogP contribution is -2.62. The fourth-order valence-corrected chi connectivity index (χ4v) is 4.35. The van der Waals surface area contributed by atoms with E-state index in [-0.39, 0.29) is 35.6 Å². The number of carbonyl (C=O) groups excluding carboxylic acids is 3. The molecule has 3 amide bonds. The molecule has 0 spiro atoms. The zero-order valence-electron chi connectivity index (χ0n) is 14.4. The minimum absolute atomic E-state index is 0.0796. The summed E-state index contributed by atoms with van der Waals surface area (Å²) in [7, 11) is 1.55. The van der Waals surface area contributed by atoms with Crippen molar-refractivity contribution in [2.75, 3.05) is 20.2 Å². The number of likely N-dealkylation sites (tertiary alicyclic amines) is 2. The van der Waals surface area contributed by atoms with Gasteiger partial charge in [0.1, 0.15) is 5.75 Å². The Morgan fingerprint density at radius 1 is 1.12 bits per heavy atom. The van der Waals surface area contributed by atoms with Gasteiger partial charge in [0.05, 0.1) is 30.6 Å². The van der Waals surface area contributed by atoms with Crippen LogP contribution in [0.15, 0.2) is 34.8 Å². The number of benzene rings is 1. The Morgan fingerprint density at radius 2 is 1.73 bits per heavy atom. The molecule has 0 radical (unpaired) electrons. The van der Waals surface area contributed by atoms with Crippen molar-refractivity contribution in [1.82, 2.24) is 9.80 Å². The van der Waals surface area contributed by atoms with Gasteiger partial charge in [-0.1, -0.05) is 12.2 Å². The maximum absolute atomic E-state index is 12.7. The molecule has 136 valence electrons. The number of amides is 3. The molecule has 0 bridgehead atoms. The molecule has 6 nitrogen and oxygen atoms in total. The number of hydrogen-bond donors (Lipinski definition) is 0. The topological polar surface area (TPSA) is 66.9 Å². The molecule has 3 aliphatic rings. The van der Waals surface area contributed by atoms with Gasteiger partial charge in [-0.05, 0) is 47.0 Å². The van der Waals surface area contributed by atoms with Gasteiger partial charge in [0.15, 0.2) is 0 Å². The number of carbonyl (C=O) groups is 3. The number of ether oxygens (including phenoxy) is 1. The van der Waals surface area contributed by atoms with Crippen LogP contribution in [0.1, 0.15) is 23.2 Å². The van der Waals surface area contributed by atoms with Gasteiger partial charge in [-0.3, -0.25) is 19.3 Å². The minimum Gasteiger partial charge on any atom is -0.497 e. The highest BCUT2D eigenvalue weighted by atomic mass is 79.9. The van der Waals surface area contributed by atoms with Gasteiger partial charge < -0.3 is 9.64 Å². The zero-order valence-corrected chi connectivity index (χ0v) is 15.9. The lowest BCUT2D eigenvalue weighted by atomic mass is 9.85. The highest BCUT2D eigenvalue weighted by molar-refractivity contribution is 9.10. The molecule has 2 aliphatic heterocycles. The standard InChI is InChI=1S/C19H19BrN2O4/c1-26-12-6-7-16(20)15(8-12)17(23)21-9-11(10-21)22-18(24)13-4-2-3-5-14(13)19(22)25/h2-3,6-8,11,13-14H,4-5,9-10H2,1H3/t13-,14+. The summed E-state index contributed by atoms with van der Waals surface area (Å²) in [4.78, 5) is 41.0. The Labute approximate surface area is 159 Å². The van der Waals surface area contributed by atoms with Crippen LogP contribution < -0.4 is 4.74 Å². The number of rotatable bonds is 3. The normalized spacial score (nSPS) is 25.3. The van der Waals surface area contributed by atoms with E-state index in [1.807, 2.05) is 12.2 Å². The van der Waals surface area contributed by atoms with Gasteiger partial charge in [0.2, 0.25) is 11.8 Å². The first kappa shape index (κ1) is 17.3. The maximum Gasteiger partial charge on any atom is 0.255 e. The van der Waals surface area contributed by atoms with E-state index in [0.717, 1.165) is 0 Å². The lowest BCUT2D eigenvalue weighted by Gasteiger charge is -2.43. The van der Waals surface area contributed by atoms with E-state index in [1.54, 1.807) is 30.2 Å². The molecule has 1 aliphatic carbocycles. The largest absolute Gasteiger partial charge is 0.497 e. The van der Waals surface area contributed by atoms with Crippen molar-refractivity contribution < 1.29 is 19.1 Å². The number of nitrogens with zero attached hydrogens (tertiary/aromatic N) is 2. The Morgan fingerprint density at radius 3 is 2.31 bits per heavy atom. The molecule has 7 heteroatoms. The van der Waals surface area contributed by atoms with Crippen LogP contribution in [0.4, 0.5) is 0 Å². The third-order valence-corrected chi connectivity index (χ3v) is 6.15. The third-order valence-electron chi connectivity index (χ3n) is 5.46. The van der Waals surface area contributed by atoms with Gasteiger partial charge in [-0.25, -0.2) is 0 Å². The molecule has 0 saturated carbocycles. The maximum atomic E-state index is 12.7. The summed E-state index contributed by atoms with van der Waals surface area (Å²) >= 11 is 3.40. The first-order chi connectivity index (χ1) is 12.5. The van der Waals surface area contributed by atoms with Crippen molar-refractivity contribution >= 4 is 33.7 Å². The molecule has 2 fully saturated rings. The number of hydrogen-bond acceptors (Lipinski definition) is 4. The summed E-state index contributed by atoms with van der Waals surface area (Å²) in [6.07, 6.45) is 5.23. The molecule has 2 atom stereocenters. The van der Waals surface area contributed by atoms with Gasteiger partial charge in [-0.2, -0.15) is 0 Å². The summed E-state index contributed by atoms with van der Waals surface area (Å²) in [5.41, 5.74) is 0.514. The second-order valence-corrected chi connectivity index (χ2v) is 7.77. The van der Waals surface area contributed by atoms with Crippen LogP contribution in [0.5, 0.6) is 5.75 Å². The third kappa shape index (κ3) is 2.65. The summed E-state index contributed by atoms with van der Waals surface area (Å²) in [5.74, 6) is -0.122. The van der Waals surface area contributed by atoms with E-state index >= 15 is 0 Å². The Bertz CT molecular complexity index is 790. The molecule has 26 heavy (non-hydrogen) atoms. The predicted octanol–water partition coefficient (Wildman–Crippen LogP) is 2.23. The first-order valence-corrected chi connectivity index (χ1v) is 9.45. The van der Waals surface area contributed by atoms with E-state index in [2.05, 4.69) is 15.9 Å². The molecule has 0 aromatic heterocycles. The highest BCUT2D eigenvalue weighted by Crippen LogP contribution is 2.38. The molecule has 2 heterocycles. The van der Waals surface area contributed by atoms with Gasteiger partial charge >= 0.3 is 0 Å². The lowest BCUT2D eigenvalue weighted by molar-refractivity contribution is -0.145. The van der Waals surface area contributed by atoms with Crippen LogP contribution in [0, 0.1) is 11.8 Å². The zero-order chi connectivity index (χ0) is 18.4. The van der Waals surface area contributed by atoms with Gasteiger partial charge in [0.25, 0.3) is 5.91 Å². The highest BCUT2D eigenvalue weighted by Gasteiger charge is 2.52. The average molecular weight is 419 g/mol. The van der Waals surface area contributed by atoms with Gasteiger partial charge in [0, 0.05) is 17.6 Å².